The first kappa shape index (κ1) is 13.1. The van der Waals surface area contributed by atoms with Crippen molar-refractivity contribution in [1.29, 1.82) is 0 Å². The number of fused-ring (bicyclic) bond motifs is 2. The number of hydrogen-bond acceptors (Lipinski definition) is 5. The summed E-state index contributed by atoms with van der Waals surface area (Å²) in [4.78, 5) is 24.0. The first-order chi connectivity index (χ1) is 9.86. The van der Waals surface area contributed by atoms with Crippen LogP contribution in [0.3, 0.4) is 0 Å². The number of hydrogen-bond donors (Lipinski definition) is 1. The van der Waals surface area contributed by atoms with E-state index < -0.39 is 17.7 Å². The Balaban J connectivity index is 1.94. The molecule has 4 aliphatic rings. The fraction of sp³-hybridized carbons (Fsp3) is 0.625. The summed E-state index contributed by atoms with van der Waals surface area (Å²) in [5.74, 6) is -0.674. The minimum absolute atomic E-state index is 0.0133. The molecule has 1 saturated heterocycles. The van der Waals surface area contributed by atoms with Crippen LogP contribution in [-0.2, 0) is 19.1 Å². The summed E-state index contributed by atoms with van der Waals surface area (Å²) in [5.41, 5.74) is 0.551. The van der Waals surface area contributed by atoms with Crippen LogP contribution in [0, 0.1) is 16.7 Å². The fourth-order valence-corrected chi connectivity index (χ4v) is 4.94. The lowest BCUT2D eigenvalue weighted by Crippen LogP contribution is -2.51. The van der Waals surface area contributed by atoms with Crippen LogP contribution in [0.15, 0.2) is 23.3 Å². The highest BCUT2D eigenvalue weighted by Gasteiger charge is 2.65. The zero-order valence-corrected chi connectivity index (χ0v) is 12.1. The van der Waals surface area contributed by atoms with Crippen molar-refractivity contribution in [2.24, 2.45) is 16.7 Å². The summed E-state index contributed by atoms with van der Waals surface area (Å²) in [6.45, 7) is 4.04. The molecule has 112 valence electrons. The van der Waals surface area contributed by atoms with E-state index in [0.29, 0.717) is 5.57 Å². The smallest absolute Gasteiger partial charge is 0.333 e. The van der Waals surface area contributed by atoms with Crippen molar-refractivity contribution in [3.63, 3.8) is 0 Å². The molecule has 0 aromatic carbocycles. The number of carbonyl (C=O) groups excluding carboxylic acids is 2. The Morgan fingerprint density at radius 2 is 1.90 bits per heavy atom. The van der Waals surface area contributed by atoms with Crippen LogP contribution in [0.25, 0.3) is 0 Å². The highest BCUT2D eigenvalue weighted by atomic mass is 16.6. The standard InChI is InChI=1S/C16H18O5/c1-15-4-3-5-16(2)12(15)10(20-14(16)19)6-8-9(15)7-11(17)21-13(8)18/h6-7,10,12-13,18H,3-5H2,1-2H3/t10-,12-,13?,15-,16?/m1/s1. The topological polar surface area (TPSA) is 72.8 Å². The molecular formula is C16H18O5. The van der Waals surface area contributed by atoms with E-state index in [1.54, 1.807) is 6.08 Å². The summed E-state index contributed by atoms with van der Waals surface area (Å²) in [5, 5.41) is 10.0. The van der Waals surface area contributed by atoms with Gasteiger partial charge in [0.25, 0.3) is 0 Å². The van der Waals surface area contributed by atoms with Crippen molar-refractivity contribution < 1.29 is 24.2 Å². The molecule has 5 heteroatoms. The zero-order valence-electron chi connectivity index (χ0n) is 12.1. The third-order valence-electron chi connectivity index (χ3n) is 5.83. The molecule has 0 aromatic heterocycles. The Hall–Kier alpha value is -1.62. The lowest BCUT2D eigenvalue weighted by molar-refractivity contribution is -0.158. The monoisotopic (exact) mass is 290 g/mol. The molecule has 1 N–H and O–H groups in total. The van der Waals surface area contributed by atoms with Gasteiger partial charge in [-0.1, -0.05) is 13.3 Å². The van der Waals surface area contributed by atoms with E-state index in [-0.39, 0.29) is 23.4 Å². The molecule has 21 heavy (non-hydrogen) atoms. The minimum Gasteiger partial charge on any atom is -0.457 e. The molecule has 2 heterocycles. The van der Waals surface area contributed by atoms with Gasteiger partial charge in [0.2, 0.25) is 6.29 Å². The summed E-state index contributed by atoms with van der Waals surface area (Å²) in [6, 6.07) is 0. The van der Waals surface area contributed by atoms with Gasteiger partial charge in [-0.05, 0) is 31.4 Å². The molecular weight excluding hydrogens is 272 g/mol. The Morgan fingerprint density at radius 1 is 1.19 bits per heavy atom. The maximum Gasteiger partial charge on any atom is 0.333 e. The summed E-state index contributed by atoms with van der Waals surface area (Å²) in [6.07, 6.45) is 4.23. The summed E-state index contributed by atoms with van der Waals surface area (Å²) < 4.78 is 10.4. The molecule has 5 atom stereocenters. The van der Waals surface area contributed by atoms with E-state index in [4.69, 9.17) is 9.47 Å². The van der Waals surface area contributed by atoms with Gasteiger partial charge in [0.15, 0.2) is 0 Å². The first-order valence-corrected chi connectivity index (χ1v) is 7.40. The highest BCUT2D eigenvalue weighted by molar-refractivity contribution is 5.87. The van der Waals surface area contributed by atoms with Crippen molar-refractivity contribution in [3.8, 4) is 0 Å². The van der Waals surface area contributed by atoms with E-state index in [1.165, 1.54) is 6.08 Å². The van der Waals surface area contributed by atoms with Crippen molar-refractivity contribution >= 4 is 11.9 Å². The second-order valence-corrected chi connectivity index (χ2v) is 7.01. The SMILES string of the molecule is CC12CCC[C@]3(C)C4=CC(=O)OC(O)C4=C[C@@H](OC1=O)[C@@H]23. The van der Waals surface area contributed by atoms with Crippen LogP contribution in [0.4, 0.5) is 0 Å². The largest absolute Gasteiger partial charge is 0.457 e. The zero-order chi connectivity index (χ0) is 15.0. The molecule has 0 aromatic rings. The lowest BCUT2D eigenvalue weighted by atomic mass is 9.50. The third-order valence-corrected chi connectivity index (χ3v) is 5.83. The van der Waals surface area contributed by atoms with E-state index >= 15 is 0 Å². The number of ether oxygens (including phenoxy) is 2. The normalized spacial score (nSPS) is 47.7. The Bertz CT molecular complexity index is 618. The Morgan fingerprint density at radius 3 is 2.67 bits per heavy atom. The van der Waals surface area contributed by atoms with Crippen molar-refractivity contribution in [3.05, 3.63) is 23.3 Å². The second kappa shape index (κ2) is 3.77. The molecule has 0 bridgehead atoms. The van der Waals surface area contributed by atoms with E-state index in [0.717, 1.165) is 24.8 Å². The molecule has 0 amide bonds. The quantitative estimate of drug-likeness (QED) is 0.684. The summed E-state index contributed by atoms with van der Waals surface area (Å²) >= 11 is 0. The number of aliphatic hydroxyl groups excluding tert-OH is 1. The predicted molar refractivity (Wildman–Crippen MR) is 71.7 cm³/mol. The minimum atomic E-state index is -1.26. The molecule has 2 unspecified atom stereocenters. The van der Waals surface area contributed by atoms with Crippen LogP contribution in [-0.4, -0.2) is 29.4 Å². The fourth-order valence-electron chi connectivity index (χ4n) is 4.94. The van der Waals surface area contributed by atoms with Gasteiger partial charge in [0.1, 0.15) is 6.10 Å². The maximum atomic E-state index is 12.3. The van der Waals surface area contributed by atoms with Crippen LogP contribution in [0.1, 0.15) is 33.1 Å². The molecule has 0 spiro atoms. The molecule has 2 aliphatic heterocycles. The van der Waals surface area contributed by atoms with Crippen molar-refractivity contribution in [2.75, 3.05) is 0 Å². The van der Waals surface area contributed by atoms with Gasteiger partial charge < -0.3 is 14.6 Å². The van der Waals surface area contributed by atoms with Gasteiger partial charge in [-0.25, -0.2) is 4.79 Å². The number of rotatable bonds is 0. The van der Waals surface area contributed by atoms with Gasteiger partial charge >= 0.3 is 11.9 Å². The van der Waals surface area contributed by atoms with Gasteiger partial charge in [-0.3, -0.25) is 4.79 Å². The number of aliphatic hydroxyl groups is 1. The first-order valence-electron chi connectivity index (χ1n) is 7.40. The molecule has 1 saturated carbocycles. The van der Waals surface area contributed by atoms with Crippen molar-refractivity contribution in [2.45, 2.75) is 45.5 Å². The van der Waals surface area contributed by atoms with E-state index in [2.05, 4.69) is 6.92 Å². The predicted octanol–water partition coefficient (Wildman–Crippen LogP) is 1.47. The molecule has 0 radical (unpaired) electrons. The number of esters is 2. The Labute approximate surface area is 122 Å². The van der Waals surface area contributed by atoms with Gasteiger partial charge in [0.05, 0.1) is 5.41 Å². The highest BCUT2D eigenvalue weighted by Crippen LogP contribution is 2.64. The van der Waals surface area contributed by atoms with Crippen LogP contribution in [0.5, 0.6) is 0 Å². The Kier molecular flexibility index (Phi) is 2.35. The van der Waals surface area contributed by atoms with Gasteiger partial charge in [0, 0.05) is 23.0 Å². The van der Waals surface area contributed by atoms with Crippen LogP contribution < -0.4 is 0 Å². The van der Waals surface area contributed by atoms with E-state index in [1.807, 2.05) is 6.92 Å². The molecule has 4 rings (SSSR count). The van der Waals surface area contributed by atoms with Gasteiger partial charge in [-0.2, -0.15) is 0 Å². The number of carbonyl (C=O) groups is 2. The number of cyclic esters (lactones) is 1. The molecule has 2 aliphatic carbocycles. The van der Waals surface area contributed by atoms with Crippen molar-refractivity contribution in [1.82, 2.24) is 0 Å². The van der Waals surface area contributed by atoms with Crippen LogP contribution >= 0.6 is 0 Å². The van der Waals surface area contributed by atoms with E-state index in [9.17, 15) is 14.7 Å². The average Bonchev–Trinajstić information content (AvgIpc) is 2.65. The molecule has 5 nitrogen and oxygen atoms in total. The van der Waals surface area contributed by atoms with Crippen LogP contribution in [0.2, 0.25) is 0 Å². The molecule has 2 fully saturated rings. The summed E-state index contributed by atoms with van der Waals surface area (Å²) in [7, 11) is 0. The van der Waals surface area contributed by atoms with Gasteiger partial charge in [-0.15, -0.1) is 0 Å². The maximum absolute atomic E-state index is 12.3. The second-order valence-electron chi connectivity index (χ2n) is 7.01. The average molecular weight is 290 g/mol. The third kappa shape index (κ3) is 1.45. The lowest BCUT2D eigenvalue weighted by Gasteiger charge is -2.52.